The van der Waals surface area contributed by atoms with Gasteiger partial charge in [-0.05, 0) is 66.9 Å². The lowest BCUT2D eigenvalue weighted by Crippen LogP contribution is -2.19. The van der Waals surface area contributed by atoms with Gasteiger partial charge in [-0.15, -0.1) is 0 Å². The Morgan fingerprint density at radius 3 is 1.83 bits per heavy atom. The lowest BCUT2D eigenvalue weighted by molar-refractivity contribution is 0.0692. The summed E-state index contributed by atoms with van der Waals surface area (Å²) in [6.45, 7) is 21.8. The number of ether oxygens (including phenoxy) is 2. The molecule has 3 nitrogen and oxygen atoms in total. The lowest BCUT2D eigenvalue weighted by Gasteiger charge is -2.26. The van der Waals surface area contributed by atoms with Crippen LogP contribution in [0.5, 0.6) is 0 Å². The quantitative estimate of drug-likeness (QED) is 0.158. The minimum absolute atomic E-state index is 0.0661. The number of rotatable bonds is 15. The topological polar surface area (TPSA) is 38.7 Å². The Labute approximate surface area is 219 Å². The molecule has 0 saturated carbocycles. The van der Waals surface area contributed by atoms with E-state index in [0.29, 0.717) is 12.2 Å². The van der Waals surface area contributed by atoms with Crippen LogP contribution in [0.3, 0.4) is 0 Å². The Morgan fingerprint density at radius 2 is 1.39 bits per heavy atom. The molecular weight excluding hydrogens is 444 g/mol. The molecule has 1 N–H and O–H groups in total. The third kappa shape index (κ3) is 11.2. The average molecular weight is 491 g/mol. The van der Waals surface area contributed by atoms with Crippen molar-refractivity contribution in [2.75, 3.05) is 20.3 Å². The van der Waals surface area contributed by atoms with Crippen molar-refractivity contribution in [3.63, 3.8) is 0 Å². The Bertz CT molecular complexity index is 930. The molecule has 2 aromatic rings. The Morgan fingerprint density at radius 1 is 0.889 bits per heavy atom. The molecule has 0 aliphatic carbocycles. The van der Waals surface area contributed by atoms with Gasteiger partial charge in [-0.25, -0.2) is 0 Å². The largest absolute Gasteiger partial charge is 0.491 e. The van der Waals surface area contributed by atoms with Crippen LogP contribution in [0.4, 0.5) is 0 Å². The van der Waals surface area contributed by atoms with E-state index in [1.54, 1.807) is 19.3 Å². The molecule has 0 aromatic heterocycles. The highest BCUT2D eigenvalue weighted by molar-refractivity contribution is 5.39. The van der Waals surface area contributed by atoms with Crippen molar-refractivity contribution in [1.82, 2.24) is 0 Å². The number of hydrogen-bond donors (Lipinski definition) is 1. The summed E-state index contributed by atoms with van der Waals surface area (Å²) in [6, 6.07) is 17.8. The van der Waals surface area contributed by atoms with Crippen LogP contribution in [0, 0.1) is 0 Å². The summed E-state index contributed by atoms with van der Waals surface area (Å²) in [5, 5.41) is 10.2. The fraction of sp³-hybridized carbons (Fsp3) is 0.394. The van der Waals surface area contributed by atoms with E-state index in [2.05, 4.69) is 88.7 Å². The smallest absolute Gasteiger partial charge is 0.114 e. The van der Waals surface area contributed by atoms with Gasteiger partial charge in [0.25, 0.3) is 0 Å². The van der Waals surface area contributed by atoms with Gasteiger partial charge in [0.15, 0.2) is 0 Å². The van der Waals surface area contributed by atoms with Crippen LogP contribution in [0.25, 0.3) is 0 Å². The molecule has 0 heterocycles. The summed E-state index contributed by atoms with van der Waals surface area (Å²) in [6.07, 6.45) is 7.57. The van der Waals surface area contributed by atoms with Crippen LogP contribution in [0.2, 0.25) is 0 Å². The Balaban J connectivity index is 0.00000150. The van der Waals surface area contributed by atoms with Crippen molar-refractivity contribution in [1.29, 1.82) is 0 Å². The first kappa shape index (κ1) is 31.2. The lowest BCUT2D eigenvalue weighted by atomic mass is 9.77. The standard InChI is InChI=1S/C29H40O3.C4H6/c1-22(2)23(3)32-21-28(30)19-14-25-12-17-27(18-13-25)29(4,5)26-15-10-24(11-16-26)9-7-8-20-31-6;1-3-4-2/h10-13,15-18,28,30H,1,3,7-9,14,19-21H2,2,4-6H3;3-4H,1-2H2. The van der Waals surface area contributed by atoms with E-state index in [1.165, 1.54) is 22.3 Å². The van der Waals surface area contributed by atoms with E-state index in [9.17, 15) is 5.11 Å². The Hall–Kier alpha value is -2.88. The number of allylic oxidation sites excluding steroid dienone is 3. The second-order valence-electron chi connectivity index (χ2n) is 9.65. The summed E-state index contributed by atoms with van der Waals surface area (Å²) >= 11 is 0. The average Bonchev–Trinajstić information content (AvgIpc) is 2.89. The number of aliphatic hydroxyl groups is 1. The molecular formula is C33H46O3. The molecule has 2 aromatic carbocycles. The molecule has 2 rings (SSSR count). The molecule has 36 heavy (non-hydrogen) atoms. The van der Waals surface area contributed by atoms with Crippen molar-refractivity contribution in [2.45, 2.75) is 64.4 Å². The van der Waals surface area contributed by atoms with Gasteiger partial charge in [0, 0.05) is 19.1 Å². The molecule has 0 amide bonds. The van der Waals surface area contributed by atoms with Gasteiger partial charge in [0.1, 0.15) is 12.4 Å². The molecule has 1 atom stereocenters. The molecule has 0 radical (unpaired) electrons. The number of unbranched alkanes of at least 4 members (excludes halogenated alkanes) is 1. The molecule has 0 aliphatic heterocycles. The van der Waals surface area contributed by atoms with Crippen LogP contribution in [-0.4, -0.2) is 31.5 Å². The first-order valence-electron chi connectivity index (χ1n) is 12.7. The first-order chi connectivity index (χ1) is 17.1. The molecule has 0 bridgehead atoms. The predicted octanol–water partition coefficient (Wildman–Crippen LogP) is 7.74. The summed E-state index contributed by atoms with van der Waals surface area (Å²) < 4.78 is 10.6. The van der Waals surface area contributed by atoms with E-state index in [0.717, 1.165) is 37.9 Å². The maximum atomic E-state index is 10.2. The van der Waals surface area contributed by atoms with E-state index >= 15 is 0 Å². The van der Waals surface area contributed by atoms with Crippen LogP contribution >= 0.6 is 0 Å². The maximum Gasteiger partial charge on any atom is 0.114 e. The van der Waals surface area contributed by atoms with Gasteiger partial charge >= 0.3 is 0 Å². The minimum atomic E-state index is -0.518. The zero-order valence-corrected chi connectivity index (χ0v) is 22.9. The van der Waals surface area contributed by atoms with E-state index in [4.69, 9.17) is 9.47 Å². The molecule has 0 aliphatic rings. The number of aliphatic hydroxyl groups excluding tert-OH is 1. The maximum absolute atomic E-state index is 10.2. The second-order valence-corrected chi connectivity index (χ2v) is 9.65. The van der Waals surface area contributed by atoms with Gasteiger partial charge in [0.2, 0.25) is 0 Å². The first-order valence-corrected chi connectivity index (χ1v) is 12.7. The highest BCUT2D eigenvalue weighted by Gasteiger charge is 2.23. The van der Waals surface area contributed by atoms with Gasteiger partial charge in [-0.2, -0.15) is 0 Å². The molecule has 1 unspecified atom stereocenters. The summed E-state index contributed by atoms with van der Waals surface area (Å²) in [7, 11) is 1.76. The van der Waals surface area contributed by atoms with Crippen molar-refractivity contribution in [2.24, 2.45) is 0 Å². The van der Waals surface area contributed by atoms with Gasteiger partial charge in [0.05, 0.1) is 6.10 Å². The zero-order chi connectivity index (χ0) is 27.0. The number of methoxy groups -OCH3 is 1. The SMILES string of the molecule is C=C(C)C(=C)OCC(O)CCc1ccc(C(C)(C)c2ccc(CCCCOC)cc2)cc1.C=CC=C. The van der Waals surface area contributed by atoms with Crippen molar-refractivity contribution >= 4 is 0 Å². The van der Waals surface area contributed by atoms with Crippen molar-refractivity contribution < 1.29 is 14.6 Å². The van der Waals surface area contributed by atoms with Gasteiger partial charge in [-0.3, -0.25) is 0 Å². The minimum Gasteiger partial charge on any atom is -0.491 e. The third-order valence-electron chi connectivity index (χ3n) is 6.27. The van der Waals surface area contributed by atoms with Crippen LogP contribution in [0.1, 0.15) is 62.3 Å². The van der Waals surface area contributed by atoms with Crippen molar-refractivity contribution in [3.05, 3.63) is 121 Å². The highest BCUT2D eigenvalue weighted by Crippen LogP contribution is 2.32. The number of hydrogen-bond acceptors (Lipinski definition) is 3. The van der Waals surface area contributed by atoms with E-state index in [1.807, 2.05) is 6.92 Å². The van der Waals surface area contributed by atoms with E-state index in [-0.39, 0.29) is 12.0 Å². The second kappa shape index (κ2) is 16.7. The van der Waals surface area contributed by atoms with Gasteiger partial charge in [-0.1, -0.05) is 101 Å². The number of benzene rings is 2. The normalized spacial score (nSPS) is 11.6. The number of aryl methyl sites for hydroxylation is 2. The third-order valence-corrected chi connectivity index (χ3v) is 6.27. The van der Waals surface area contributed by atoms with E-state index < -0.39 is 6.10 Å². The summed E-state index contributed by atoms with van der Waals surface area (Å²) in [5.41, 5.74) is 5.92. The molecule has 0 fully saturated rings. The van der Waals surface area contributed by atoms with Gasteiger partial charge < -0.3 is 14.6 Å². The molecule has 0 spiro atoms. The fourth-order valence-electron chi connectivity index (χ4n) is 3.65. The van der Waals surface area contributed by atoms with Crippen LogP contribution in [-0.2, 0) is 27.7 Å². The summed E-state index contributed by atoms with van der Waals surface area (Å²) in [5.74, 6) is 0.537. The molecule has 3 heteroatoms. The predicted molar refractivity (Wildman–Crippen MR) is 154 cm³/mol. The Kier molecular flexibility index (Phi) is 14.5. The summed E-state index contributed by atoms with van der Waals surface area (Å²) in [4.78, 5) is 0. The highest BCUT2D eigenvalue weighted by atomic mass is 16.5. The van der Waals surface area contributed by atoms with Crippen molar-refractivity contribution in [3.8, 4) is 0 Å². The zero-order valence-electron chi connectivity index (χ0n) is 22.9. The molecule has 0 saturated heterocycles. The van der Waals surface area contributed by atoms with Crippen LogP contribution < -0.4 is 0 Å². The monoisotopic (exact) mass is 490 g/mol. The van der Waals surface area contributed by atoms with Crippen LogP contribution in [0.15, 0.2) is 98.3 Å². The molecule has 196 valence electrons. The fourth-order valence-corrected chi connectivity index (χ4v) is 3.65.